The maximum absolute atomic E-state index is 5.89. The van der Waals surface area contributed by atoms with Gasteiger partial charge in [-0.15, -0.1) is 0 Å². The molecule has 1 unspecified atom stereocenters. The maximum atomic E-state index is 5.89. The Labute approximate surface area is 157 Å². The van der Waals surface area contributed by atoms with E-state index >= 15 is 0 Å². The zero-order valence-electron chi connectivity index (χ0n) is 15.1. The summed E-state index contributed by atoms with van der Waals surface area (Å²) in [6.07, 6.45) is 4.25. The van der Waals surface area contributed by atoms with Gasteiger partial charge in [-0.05, 0) is 49.2 Å². The van der Waals surface area contributed by atoms with E-state index in [9.17, 15) is 0 Å². The van der Waals surface area contributed by atoms with Gasteiger partial charge < -0.3 is 5.73 Å². The number of hydrogen-bond donors (Lipinski definition) is 2. The Morgan fingerprint density at radius 2 is 2.04 bits per heavy atom. The lowest BCUT2D eigenvalue weighted by Gasteiger charge is -2.32. The molecule has 27 heavy (non-hydrogen) atoms. The second-order valence-electron chi connectivity index (χ2n) is 7.31. The van der Waals surface area contributed by atoms with Crippen LogP contribution in [0.25, 0.3) is 21.9 Å². The van der Waals surface area contributed by atoms with Gasteiger partial charge in [0.15, 0.2) is 5.65 Å². The second-order valence-corrected chi connectivity index (χ2v) is 7.31. The van der Waals surface area contributed by atoms with Crippen molar-refractivity contribution in [2.24, 2.45) is 0 Å². The minimum absolute atomic E-state index is 0.425. The standard InChI is InChI=1S/C21H22N6/c22-20-17-7-8-18(24-21(17)26-25-20)15-4-3-11-27(13-15)12-14-9-10-23-19-6-2-1-5-16(14)19/h1-2,5-10,15H,3-4,11-13H2,(H3,22,24,25,26). The van der Waals surface area contributed by atoms with Gasteiger partial charge >= 0.3 is 0 Å². The van der Waals surface area contributed by atoms with E-state index in [1.807, 2.05) is 18.3 Å². The normalized spacial score (nSPS) is 18.3. The molecule has 0 spiro atoms. The second kappa shape index (κ2) is 6.63. The van der Waals surface area contributed by atoms with Crippen molar-refractivity contribution < 1.29 is 0 Å². The SMILES string of the molecule is Nc1[nH]nc2nc(C3CCCN(Cc4ccnc5ccccc45)C3)ccc12. The van der Waals surface area contributed by atoms with E-state index < -0.39 is 0 Å². The molecule has 1 fully saturated rings. The van der Waals surface area contributed by atoms with Gasteiger partial charge in [0.05, 0.1) is 10.9 Å². The van der Waals surface area contributed by atoms with Gasteiger partial charge in [-0.1, -0.05) is 18.2 Å². The molecule has 4 heterocycles. The Kier molecular flexibility index (Phi) is 3.98. The van der Waals surface area contributed by atoms with E-state index in [4.69, 9.17) is 10.7 Å². The summed E-state index contributed by atoms with van der Waals surface area (Å²) in [6, 6.07) is 14.6. The molecule has 3 N–H and O–H groups in total. The van der Waals surface area contributed by atoms with E-state index in [1.165, 1.54) is 17.4 Å². The number of likely N-dealkylation sites (tertiary alicyclic amines) is 1. The summed E-state index contributed by atoms with van der Waals surface area (Å²) in [5.74, 6) is 1.01. The summed E-state index contributed by atoms with van der Waals surface area (Å²) in [5, 5.41) is 9.17. The summed E-state index contributed by atoms with van der Waals surface area (Å²) in [6.45, 7) is 3.07. The molecule has 6 heteroatoms. The van der Waals surface area contributed by atoms with Crippen molar-refractivity contribution in [1.82, 2.24) is 25.1 Å². The van der Waals surface area contributed by atoms with Crippen molar-refractivity contribution in [3.8, 4) is 0 Å². The predicted molar refractivity (Wildman–Crippen MR) is 107 cm³/mol. The summed E-state index contributed by atoms with van der Waals surface area (Å²) >= 11 is 0. The number of para-hydroxylation sites is 1. The summed E-state index contributed by atoms with van der Waals surface area (Å²) in [7, 11) is 0. The molecule has 0 radical (unpaired) electrons. The van der Waals surface area contributed by atoms with Crippen LogP contribution in [0.1, 0.15) is 30.0 Å². The van der Waals surface area contributed by atoms with Crippen LogP contribution in [0, 0.1) is 0 Å². The van der Waals surface area contributed by atoms with Crippen LogP contribution >= 0.6 is 0 Å². The Hall–Kier alpha value is -2.99. The maximum Gasteiger partial charge on any atom is 0.183 e. The van der Waals surface area contributed by atoms with Crippen LogP contribution in [0.15, 0.2) is 48.7 Å². The Balaban J connectivity index is 1.38. The number of nitrogens with one attached hydrogen (secondary N) is 1. The van der Waals surface area contributed by atoms with Crippen LogP contribution in [-0.2, 0) is 6.54 Å². The summed E-state index contributed by atoms with van der Waals surface area (Å²) in [4.78, 5) is 11.8. The molecule has 0 aliphatic carbocycles. The van der Waals surface area contributed by atoms with Crippen molar-refractivity contribution in [2.45, 2.75) is 25.3 Å². The number of piperidine rings is 1. The fourth-order valence-electron chi connectivity index (χ4n) is 4.13. The molecule has 5 rings (SSSR count). The van der Waals surface area contributed by atoms with Crippen LogP contribution in [0.3, 0.4) is 0 Å². The first kappa shape index (κ1) is 16.2. The smallest absolute Gasteiger partial charge is 0.183 e. The van der Waals surface area contributed by atoms with E-state index in [1.54, 1.807) is 0 Å². The monoisotopic (exact) mass is 358 g/mol. The molecular formula is C21H22N6. The first-order valence-electron chi connectivity index (χ1n) is 9.43. The fraction of sp³-hybridized carbons (Fsp3) is 0.286. The van der Waals surface area contributed by atoms with Gasteiger partial charge in [-0.2, -0.15) is 5.10 Å². The first-order valence-corrected chi connectivity index (χ1v) is 9.43. The lowest BCUT2D eigenvalue weighted by atomic mass is 9.93. The predicted octanol–water partition coefficient (Wildman–Crippen LogP) is 3.47. The molecule has 6 nitrogen and oxygen atoms in total. The largest absolute Gasteiger partial charge is 0.384 e. The number of aromatic amines is 1. The van der Waals surface area contributed by atoms with Crippen LogP contribution in [0.5, 0.6) is 0 Å². The molecule has 136 valence electrons. The van der Waals surface area contributed by atoms with Gasteiger partial charge in [0.2, 0.25) is 0 Å². The van der Waals surface area contributed by atoms with E-state index in [2.05, 4.69) is 50.4 Å². The lowest BCUT2D eigenvalue weighted by Crippen LogP contribution is -2.34. The van der Waals surface area contributed by atoms with Crippen LogP contribution < -0.4 is 5.73 Å². The third-order valence-electron chi connectivity index (χ3n) is 5.53. The topological polar surface area (TPSA) is 83.7 Å². The highest BCUT2D eigenvalue weighted by Crippen LogP contribution is 2.29. The number of nitrogens with zero attached hydrogens (tertiary/aromatic N) is 4. The van der Waals surface area contributed by atoms with Crippen molar-refractivity contribution in [1.29, 1.82) is 0 Å². The molecule has 3 aromatic heterocycles. The number of H-pyrrole nitrogens is 1. The van der Waals surface area contributed by atoms with Crippen molar-refractivity contribution in [3.63, 3.8) is 0 Å². The highest BCUT2D eigenvalue weighted by Gasteiger charge is 2.23. The quantitative estimate of drug-likeness (QED) is 0.586. The number of anilines is 1. The number of aromatic nitrogens is 4. The third kappa shape index (κ3) is 3.02. The average Bonchev–Trinajstić information content (AvgIpc) is 3.09. The third-order valence-corrected chi connectivity index (χ3v) is 5.53. The lowest BCUT2D eigenvalue weighted by molar-refractivity contribution is 0.199. The van der Waals surface area contributed by atoms with Crippen molar-refractivity contribution >= 4 is 27.8 Å². The van der Waals surface area contributed by atoms with Gasteiger partial charge in [0.1, 0.15) is 5.82 Å². The number of benzene rings is 1. The molecule has 1 aromatic carbocycles. The minimum Gasteiger partial charge on any atom is -0.384 e. The highest BCUT2D eigenvalue weighted by molar-refractivity contribution is 5.85. The first-order chi connectivity index (χ1) is 13.3. The van der Waals surface area contributed by atoms with E-state index in [0.29, 0.717) is 17.4 Å². The fourth-order valence-corrected chi connectivity index (χ4v) is 4.13. The van der Waals surface area contributed by atoms with Gasteiger partial charge in [-0.25, -0.2) is 4.98 Å². The van der Waals surface area contributed by atoms with Crippen LogP contribution in [0.2, 0.25) is 0 Å². The van der Waals surface area contributed by atoms with Gasteiger partial charge in [0.25, 0.3) is 0 Å². The van der Waals surface area contributed by atoms with Gasteiger partial charge in [0, 0.05) is 36.3 Å². The van der Waals surface area contributed by atoms with E-state index in [0.717, 1.165) is 42.7 Å². The average molecular weight is 358 g/mol. The highest BCUT2D eigenvalue weighted by atomic mass is 15.2. The number of fused-ring (bicyclic) bond motifs is 2. The minimum atomic E-state index is 0.425. The van der Waals surface area contributed by atoms with E-state index in [-0.39, 0.29) is 0 Å². The Morgan fingerprint density at radius 1 is 1.11 bits per heavy atom. The Bertz CT molecular complexity index is 1100. The number of hydrogen-bond acceptors (Lipinski definition) is 5. The summed E-state index contributed by atoms with van der Waals surface area (Å²) < 4.78 is 0. The molecule has 1 aliphatic heterocycles. The van der Waals surface area contributed by atoms with Crippen molar-refractivity contribution in [3.05, 3.63) is 59.9 Å². The van der Waals surface area contributed by atoms with Gasteiger partial charge in [-0.3, -0.25) is 15.0 Å². The van der Waals surface area contributed by atoms with Crippen molar-refractivity contribution in [2.75, 3.05) is 18.8 Å². The molecule has 1 aliphatic rings. The Morgan fingerprint density at radius 3 is 3.00 bits per heavy atom. The summed E-state index contributed by atoms with van der Waals surface area (Å²) in [5.41, 5.74) is 10.1. The number of nitrogen functional groups attached to an aromatic ring is 1. The van der Waals surface area contributed by atoms with Crippen LogP contribution in [-0.4, -0.2) is 38.2 Å². The zero-order valence-corrected chi connectivity index (χ0v) is 15.1. The van der Waals surface area contributed by atoms with Crippen LogP contribution in [0.4, 0.5) is 5.82 Å². The molecule has 0 saturated carbocycles. The molecule has 4 aromatic rings. The zero-order chi connectivity index (χ0) is 18.2. The number of pyridine rings is 2. The molecular weight excluding hydrogens is 336 g/mol. The molecule has 0 bridgehead atoms. The number of rotatable bonds is 3. The molecule has 1 atom stereocenters. The number of nitrogens with two attached hydrogens (primary N) is 1. The molecule has 0 amide bonds. The molecule has 1 saturated heterocycles.